The lowest BCUT2D eigenvalue weighted by Crippen LogP contribution is -2.36. The van der Waals surface area contributed by atoms with E-state index < -0.39 is 0 Å². The van der Waals surface area contributed by atoms with E-state index in [9.17, 15) is 9.59 Å². The predicted molar refractivity (Wildman–Crippen MR) is 99.6 cm³/mol. The third kappa shape index (κ3) is 2.95. The van der Waals surface area contributed by atoms with Crippen LogP contribution in [0.25, 0.3) is 10.9 Å². The van der Waals surface area contributed by atoms with Gasteiger partial charge in [-0.3, -0.25) is 14.6 Å². The second kappa shape index (κ2) is 6.50. The van der Waals surface area contributed by atoms with Gasteiger partial charge in [0.1, 0.15) is 5.76 Å². The molecule has 7 nitrogen and oxygen atoms in total. The molecule has 0 radical (unpaired) electrons. The molecule has 2 amide bonds. The number of rotatable bonds is 2. The SMILES string of the molecule is CNC(=O)c1noc2c1CN(C(=O)c1cc(C)nc3ccc(C)cc13)CC2. The first kappa shape index (κ1) is 17.2. The second-order valence-corrected chi connectivity index (χ2v) is 6.82. The highest BCUT2D eigenvalue weighted by Gasteiger charge is 2.30. The van der Waals surface area contributed by atoms with Crippen LogP contribution in [0, 0.1) is 13.8 Å². The van der Waals surface area contributed by atoms with Crippen LogP contribution < -0.4 is 5.32 Å². The zero-order valence-corrected chi connectivity index (χ0v) is 15.5. The topological polar surface area (TPSA) is 88.3 Å². The van der Waals surface area contributed by atoms with Gasteiger partial charge in [0, 0.05) is 36.7 Å². The molecule has 27 heavy (non-hydrogen) atoms. The molecule has 0 saturated heterocycles. The van der Waals surface area contributed by atoms with Gasteiger partial charge in [-0.25, -0.2) is 0 Å². The quantitative estimate of drug-likeness (QED) is 0.754. The van der Waals surface area contributed by atoms with Gasteiger partial charge in [0.05, 0.1) is 17.6 Å². The Hall–Kier alpha value is -3.22. The molecule has 0 fully saturated rings. The normalized spacial score (nSPS) is 13.5. The summed E-state index contributed by atoms with van der Waals surface area (Å²) in [5, 5.41) is 7.27. The molecule has 3 heterocycles. The van der Waals surface area contributed by atoms with Gasteiger partial charge >= 0.3 is 0 Å². The van der Waals surface area contributed by atoms with Crippen LogP contribution in [0.4, 0.5) is 0 Å². The highest BCUT2D eigenvalue weighted by atomic mass is 16.5. The molecule has 4 rings (SSSR count). The molecule has 0 aliphatic carbocycles. The Kier molecular flexibility index (Phi) is 4.14. The van der Waals surface area contributed by atoms with Gasteiger partial charge in [0.15, 0.2) is 5.69 Å². The van der Waals surface area contributed by atoms with Crippen molar-refractivity contribution in [2.24, 2.45) is 0 Å². The molecule has 1 aliphatic rings. The van der Waals surface area contributed by atoms with Crippen molar-refractivity contribution in [1.29, 1.82) is 0 Å². The summed E-state index contributed by atoms with van der Waals surface area (Å²) in [4.78, 5) is 31.6. The van der Waals surface area contributed by atoms with Crippen molar-refractivity contribution < 1.29 is 14.1 Å². The molecule has 1 aliphatic heterocycles. The number of nitrogens with one attached hydrogen (secondary N) is 1. The largest absolute Gasteiger partial charge is 0.360 e. The molecule has 0 unspecified atom stereocenters. The number of nitrogens with zero attached hydrogens (tertiary/aromatic N) is 3. The first-order valence-electron chi connectivity index (χ1n) is 8.84. The number of fused-ring (bicyclic) bond motifs is 2. The van der Waals surface area contributed by atoms with Crippen LogP contribution >= 0.6 is 0 Å². The van der Waals surface area contributed by atoms with Crippen molar-refractivity contribution in [2.75, 3.05) is 13.6 Å². The Balaban J connectivity index is 1.73. The van der Waals surface area contributed by atoms with Gasteiger partial charge in [-0.05, 0) is 32.0 Å². The Morgan fingerprint density at radius 1 is 1.22 bits per heavy atom. The summed E-state index contributed by atoms with van der Waals surface area (Å²) in [6.07, 6.45) is 0.534. The summed E-state index contributed by atoms with van der Waals surface area (Å²) in [5.74, 6) is 0.283. The van der Waals surface area contributed by atoms with Gasteiger partial charge in [-0.15, -0.1) is 0 Å². The van der Waals surface area contributed by atoms with E-state index in [0.29, 0.717) is 36.4 Å². The number of carbonyl (C=O) groups excluding carboxylic acids is 2. The predicted octanol–water partition coefficient (Wildman–Crippen LogP) is 2.40. The monoisotopic (exact) mass is 364 g/mol. The van der Waals surface area contributed by atoms with Crippen LogP contribution in [0.3, 0.4) is 0 Å². The lowest BCUT2D eigenvalue weighted by molar-refractivity contribution is 0.0728. The summed E-state index contributed by atoms with van der Waals surface area (Å²) >= 11 is 0. The van der Waals surface area contributed by atoms with Crippen molar-refractivity contribution in [3.8, 4) is 0 Å². The standard InChI is InChI=1S/C20H20N4O3/c1-11-4-5-16-13(8-11)14(9-12(2)22-16)20(26)24-7-6-17-15(10-24)18(23-27-17)19(25)21-3/h4-5,8-9H,6-7,10H2,1-3H3,(H,21,25). The number of pyridine rings is 1. The zero-order chi connectivity index (χ0) is 19.1. The van der Waals surface area contributed by atoms with Crippen molar-refractivity contribution >= 4 is 22.7 Å². The van der Waals surface area contributed by atoms with E-state index in [1.54, 1.807) is 11.9 Å². The van der Waals surface area contributed by atoms with E-state index in [0.717, 1.165) is 22.2 Å². The van der Waals surface area contributed by atoms with Crippen molar-refractivity contribution in [3.05, 3.63) is 58.1 Å². The van der Waals surface area contributed by atoms with E-state index in [2.05, 4.69) is 15.5 Å². The fourth-order valence-electron chi connectivity index (χ4n) is 3.50. The average Bonchev–Trinajstić information content (AvgIpc) is 3.09. The molecule has 3 aromatic rings. The van der Waals surface area contributed by atoms with E-state index in [-0.39, 0.29) is 17.5 Å². The molecule has 138 valence electrons. The highest BCUT2D eigenvalue weighted by Crippen LogP contribution is 2.26. The van der Waals surface area contributed by atoms with Crippen LogP contribution in [0.1, 0.15) is 43.4 Å². The lowest BCUT2D eigenvalue weighted by atomic mass is 10.0. The van der Waals surface area contributed by atoms with Gasteiger partial charge < -0.3 is 14.7 Å². The molecule has 0 spiro atoms. The summed E-state index contributed by atoms with van der Waals surface area (Å²) < 4.78 is 5.29. The minimum atomic E-state index is -0.310. The number of amides is 2. The number of benzene rings is 1. The molecule has 0 saturated carbocycles. The number of aryl methyl sites for hydroxylation is 2. The van der Waals surface area contributed by atoms with E-state index in [1.807, 2.05) is 38.1 Å². The summed E-state index contributed by atoms with van der Waals surface area (Å²) in [6.45, 7) is 4.69. The van der Waals surface area contributed by atoms with E-state index in [4.69, 9.17) is 4.52 Å². The number of aromatic nitrogens is 2. The number of hydrogen-bond acceptors (Lipinski definition) is 5. The first-order valence-corrected chi connectivity index (χ1v) is 8.84. The highest BCUT2D eigenvalue weighted by molar-refractivity contribution is 6.06. The van der Waals surface area contributed by atoms with Crippen molar-refractivity contribution in [1.82, 2.24) is 20.4 Å². The maximum absolute atomic E-state index is 13.3. The fourth-order valence-corrected chi connectivity index (χ4v) is 3.50. The summed E-state index contributed by atoms with van der Waals surface area (Å²) in [7, 11) is 1.55. The van der Waals surface area contributed by atoms with Crippen LogP contribution in [-0.4, -0.2) is 40.4 Å². The van der Waals surface area contributed by atoms with Gasteiger partial charge in [-0.2, -0.15) is 0 Å². The van der Waals surface area contributed by atoms with Crippen LogP contribution in [0.2, 0.25) is 0 Å². The fraction of sp³-hybridized carbons (Fsp3) is 0.300. The van der Waals surface area contributed by atoms with Crippen molar-refractivity contribution in [2.45, 2.75) is 26.8 Å². The molecular weight excluding hydrogens is 344 g/mol. The Bertz CT molecular complexity index is 1070. The second-order valence-electron chi connectivity index (χ2n) is 6.82. The molecule has 7 heteroatoms. The maximum Gasteiger partial charge on any atom is 0.273 e. The number of hydrogen-bond donors (Lipinski definition) is 1. The zero-order valence-electron chi connectivity index (χ0n) is 15.5. The molecule has 0 bridgehead atoms. The minimum absolute atomic E-state index is 0.0780. The minimum Gasteiger partial charge on any atom is -0.360 e. The Labute approximate surface area is 156 Å². The van der Waals surface area contributed by atoms with Gasteiger partial charge in [-0.1, -0.05) is 16.8 Å². The molecule has 2 aromatic heterocycles. The molecule has 0 atom stereocenters. The lowest BCUT2D eigenvalue weighted by Gasteiger charge is -2.26. The summed E-state index contributed by atoms with van der Waals surface area (Å²) in [6, 6.07) is 7.74. The van der Waals surface area contributed by atoms with Gasteiger partial charge in [0.2, 0.25) is 0 Å². The van der Waals surface area contributed by atoms with Crippen LogP contribution in [-0.2, 0) is 13.0 Å². The smallest absolute Gasteiger partial charge is 0.273 e. The first-order chi connectivity index (χ1) is 13.0. The molecular formula is C20H20N4O3. The molecule has 1 aromatic carbocycles. The Morgan fingerprint density at radius 3 is 2.81 bits per heavy atom. The number of carbonyl (C=O) groups is 2. The Morgan fingerprint density at radius 2 is 2.04 bits per heavy atom. The van der Waals surface area contributed by atoms with Gasteiger partial charge in [0.25, 0.3) is 11.8 Å². The summed E-state index contributed by atoms with van der Waals surface area (Å²) in [5.41, 5.74) is 4.23. The third-order valence-corrected chi connectivity index (χ3v) is 4.88. The van der Waals surface area contributed by atoms with E-state index >= 15 is 0 Å². The van der Waals surface area contributed by atoms with Crippen LogP contribution in [0.15, 0.2) is 28.8 Å². The average molecular weight is 364 g/mol. The maximum atomic E-state index is 13.3. The van der Waals surface area contributed by atoms with Crippen molar-refractivity contribution in [3.63, 3.8) is 0 Å². The van der Waals surface area contributed by atoms with E-state index in [1.165, 1.54) is 0 Å². The van der Waals surface area contributed by atoms with Crippen LogP contribution in [0.5, 0.6) is 0 Å². The third-order valence-electron chi connectivity index (χ3n) is 4.88. The molecule has 1 N–H and O–H groups in total.